The number of rotatable bonds is 5. The Hall–Kier alpha value is 1.01. The van der Waals surface area contributed by atoms with Gasteiger partial charge in [-0.2, -0.15) is 0 Å². The van der Waals surface area contributed by atoms with Crippen molar-refractivity contribution < 1.29 is 26.4 Å². The molecule has 0 rings (SSSR count). The minimum atomic E-state index is -0.940. The molecule has 1 unspecified atom stereocenters. The third-order valence-corrected chi connectivity index (χ3v) is 2.16. The number of carbonyl (C=O) groups is 1. The van der Waals surface area contributed by atoms with E-state index in [1.807, 2.05) is 0 Å². The summed E-state index contributed by atoms with van der Waals surface area (Å²) in [7, 11) is 9.75. The zero-order chi connectivity index (χ0) is 10.7. The van der Waals surface area contributed by atoms with Crippen molar-refractivity contribution in [3.05, 3.63) is 0 Å². The summed E-state index contributed by atoms with van der Waals surface area (Å²) in [5, 5.41) is 8.32. The van der Waals surface area contributed by atoms with Gasteiger partial charge in [0.25, 0.3) is 0 Å². The van der Waals surface area contributed by atoms with Crippen molar-refractivity contribution >= 4 is 36.6 Å². The second-order valence-electron chi connectivity index (χ2n) is 1.91. The van der Waals surface area contributed by atoms with Gasteiger partial charge < -0.3 is 16.6 Å². The van der Waals surface area contributed by atoms with Gasteiger partial charge >= 0.3 is 41.3 Å². The topological polar surface area (TPSA) is 89.3 Å². The molecule has 84 valence electrons. The molecule has 5 N–H and O–H groups in total. The van der Waals surface area contributed by atoms with Crippen LogP contribution in [0, 0.1) is 0 Å². The number of aliphatic carboxylic acids is 1. The molecule has 4 nitrogen and oxygen atoms in total. The van der Waals surface area contributed by atoms with Crippen LogP contribution in [-0.4, -0.2) is 35.2 Å². The van der Waals surface area contributed by atoms with E-state index in [-0.39, 0.29) is 0 Å². The van der Waals surface area contributed by atoms with Gasteiger partial charge in [0.05, 0.1) is 0 Å². The van der Waals surface area contributed by atoms with Crippen molar-refractivity contribution in [1.82, 2.24) is 0 Å². The third kappa shape index (κ3) is 15.7. The molecule has 13 heavy (non-hydrogen) atoms. The zero-order valence-electron chi connectivity index (χ0n) is 6.73. The molecule has 0 radical (unpaired) electrons. The molecular formula is C5H13Cl2N2O2PtS+. The van der Waals surface area contributed by atoms with E-state index >= 15 is 0 Å². The van der Waals surface area contributed by atoms with Gasteiger partial charge in [-0.3, -0.25) is 4.79 Å². The number of hydrogen-bond donors (Lipinski definition) is 3. The van der Waals surface area contributed by atoms with Crippen molar-refractivity contribution in [3.8, 4) is 0 Å². The van der Waals surface area contributed by atoms with Crippen molar-refractivity contribution in [2.24, 2.45) is 11.5 Å². The molecule has 0 aliphatic carbocycles. The molecule has 0 saturated heterocycles. The van der Waals surface area contributed by atoms with Crippen LogP contribution in [0.1, 0.15) is 0 Å². The number of hydrogen-bond acceptors (Lipinski definition) is 3. The SMILES string of the molecule is NCC[SH+]CC(N)C(=O)O.[Cl][Pt][Cl]. The predicted octanol–water partition coefficient (Wildman–Crippen LogP) is -0.452. The molecule has 0 aromatic heterocycles. The van der Waals surface area contributed by atoms with Crippen molar-refractivity contribution in [3.63, 3.8) is 0 Å². The summed E-state index contributed by atoms with van der Waals surface area (Å²) in [4.78, 5) is 10.1. The van der Waals surface area contributed by atoms with Crippen LogP contribution >= 0.6 is 18.8 Å². The quantitative estimate of drug-likeness (QED) is 0.313. The van der Waals surface area contributed by atoms with Gasteiger partial charge in [0.1, 0.15) is 17.5 Å². The molecule has 0 aromatic rings. The summed E-state index contributed by atoms with van der Waals surface area (Å²) >= 11 is 0.544. The first-order valence-corrected chi connectivity index (χ1v) is 10.1. The summed E-state index contributed by atoms with van der Waals surface area (Å²) in [6.07, 6.45) is 0. The Morgan fingerprint density at radius 2 is 2.08 bits per heavy atom. The molecule has 0 fully saturated rings. The molecule has 0 aromatic carbocycles. The van der Waals surface area contributed by atoms with Crippen LogP contribution in [0.4, 0.5) is 0 Å². The van der Waals surface area contributed by atoms with Gasteiger partial charge in [0, 0.05) is 6.54 Å². The summed E-state index contributed by atoms with van der Waals surface area (Å²) in [5.74, 6) is 0.373. The summed E-state index contributed by atoms with van der Waals surface area (Å²) in [6.45, 7) is 0.591. The first kappa shape index (κ1) is 16.4. The average molecular weight is 431 g/mol. The van der Waals surface area contributed by atoms with Crippen LogP contribution in [0.5, 0.6) is 0 Å². The Morgan fingerprint density at radius 3 is 2.38 bits per heavy atom. The van der Waals surface area contributed by atoms with Crippen LogP contribution in [0.2, 0.25) is 0 Å². The van der Waals surface area contributed by atoms with Gasteiger partial charge in [0.15, 0.2) is 0 Å². The average Bonchev–Trinajstić information content (AvgIpc) is 2.06. The molecular weight excluding hydrogens is 418 g/mol. The molecule has 0 amide bonds. The maximum atomic E-state index is 10.1. The van der Waals surface area contributed by atoms with Gasteiger partial charge in [-0.25, -0.2) is 0 Å². The fraction of sp³-hybridized carbons (Fsp3) is 0.800. The van der Waals surface area contributed by atoms with Crippen LogP contribution in [0.15, 0.2) is 0 Å². The molecule has 0 heterocycles. The van der Waals surface area contributed by atoms with Crippen LogP contribution in [-0.2, 0) is 33.0 Å². The molecule has 0 saturated carbocycles. The Kier molecular flexibility index (Phi) is 16.4. The monoisotopic (exact) mass is 430 g/mol. The first-order valence-electron chi connectivity index (χ1n) is 3.24. The van der Waals surface area contributed by atoms with E-state index in [2.05, 4.69) is 0 Å². The number of carboxylic acids is 1. The van der Waals surface area contributed by atoms with E-state index in [1.54, 1.807) is 0 Å². The van der Waals surface area contributed by atoms with Crippen LogP contribution < -0.4 is 11.5 Å². The van der Waals surface area contributed by atoms with Gasteiger partial charge in [-0.05, 0) is 11.8 Å². The second-order valence-corrected chi connectivity index (χ2v) is 6.45. The molecule has 0 aliphatic heterocycles. The van der Waals surface area contributed by atoms with Crippen molar-refractivity contribution in [1.29, 1.82) is 0 Å². The Balaban J connectivity index is 0. The summed E-state index contributed by atoms with van der Waals surface area (Å²) < 4.78 is 0. The van der Waals surface area contributed by atoms with E-state index in [4.69, 9.17) is 35.4 Å². The summed E-state index contributed by atoms with van der Waals surface area (Å²) in [6, 6.07) is -0.729. The van der Waals surface area contributed by atoms with Crippen LogP contribution in [0.3, 0.4) is 0 Å². The summed E-state index contributed by atoms with van der Waals surface area (Å²) in [5.41, 5.74) is 10.4. The van der Waals surface area contributed by atoms with Gasteiger partial charge in [-0.15, -0.1) is 0 Å². The van der Waals surface area contributed by atoms with E-state index < -0.39 is 28.5 Å². The normalized spacial score (nSPS) is 11.7. The Labute approximate surface area is 98.1 Å². The fourth-order valence-corrected chi connectivity index (χ4v) is 1.20. The van der Waals surface area contributed by atoms with Gasteiger partial charge in [-0.1, -0.05) is 0 Å². The van der Waals surface area contributed by atoms with E-state index in [0.717, 1.165) is 17.5 Å². The number of halogens is 2. The fourth-order valence-electron chi connectivity index (χ4n) is 0.400. The molecule has 0 spiro atoms. The molecule has 0 aliphatic rings. The first-order chi connectivity index (χ1) is 6.09. The predicted molar refractivity (Wildman–Crippen MR) is 54.9 cm³/mol. The molecule has 0 bridgehead atoms. The van der Waals surface area contributed by atoms with Crippen LogP contribution in [0.25, 0.3) is 0 Å². The minimum absolute atomic E-state index is 0.472. The van der Waals surface area contributed by atoms with E-state index in [1.165, 1.54) is 0 Å². The third-order valence-electron chi connectivity index (χ3n) is 0.930. The van der Waals surface area contributed by atoms with Crippen molar-refractivity contribution in [2.75, 3.05) is 18.1 Å². The van der Waals surface area contributed by atoms with E-state index in [0.29, 0.717) is 12.3 Å². The second kappa shape index (κ2) is 13.0. The Bertz CT molecular complexity index is 133. The van der Waals surface area contributed by atoms with E-state index in [9.17, 15) is 4.79 Å². The number of thiol groups is 1. The number of carboxylic acid groups (broad SMARTS) is 1. The Morgan fingerprint density at radius 1 is 1.62 bits per heavy atom. The molecule has 8 heteroatoms. The molecule has 1 atom stereocenters. The van der Waals surface area contributed by atoms with Gasteiger partial charge in [0.2, 0.25) is 0 Å². The standard InChI is InChI=1S/C5H12N2O2S.2ClH.Pt/c6-1-2-10-3-4(7)5(8)9;;;/h4H,1-3,6-7H2,(H,8,9);2*1H;/q;;;+2/p-1. The number of nitrogens with two attached hydrogens (primary N) is 2. The maximum absolute atomic E-state index is 10.1. The zero-order valence-corrected chi connectivity index (χ0v) is 11.4. The van der Waals surface area contributed by atoms with Crippen molar-refractivity contribution in [2.45, 2.75) is 6.04 Å².